The van der Waals surface area contributed by atoms with Crippen molar-refractivity contribution >= 4 is 0 Å². The highest BCUT2D eigenvalue weighted by atomic mass is 16.3. The largest absolute Gasteiger partial charge is 0.387 e. The van der Waals surface area contributed by atoms with E-state index in [4.69, 9.17) is 0 Å². The maximum atomic E-state index is 9.27. The van der Waals surface area contributed by atoms with Crippen molar-refractivity contribution in [2.45, 2.75) is 32.4 Å². The topological polar surface area (TPSA) is 32.3 Å². The summed E-state index contributed by atoms with van der Waals surface area (Å²) in [6.07, 6.45) is 2.09. The lowest BCUT2D eigenvalue weighted by Gasteiger charge is -2.18. The summed E-state index contributed by atoms with van der Waals surface area (Å²) in [6, 6.07) is 0.169. The molecule has 0 aliphatic heterocycles. The third-order valence-corrected chi connectivity index (χ3v) is 1.56. The second-order valence-corrected chi connectivity index (χ2v) is 2.30. The normalized spacial score (nSPS) is 16.3. The minimum absolute atomic E-state index is 0.169. The monoisotopic (exact) mass is 143 g/mol. The van der Waals surface area contributed by atoms with Crippen LogP contribution in [0.3, 0.4) is 0 Å². The summed E-state index contributed by atoms with van der Waals surface area (Å²) < 4.78 is 0. The highest BCUT2D eigenvalue weighted by Gasteiger charge is 2.10. The van der Waals surface area contributed by atoms with Crippen LogP contribution < -0.4 is 5.32 Å². The van der Waals surface area contributed by atoms with Crippen molar-refractivity contribution < 1.29 is 5.11 Å². The van der Waals surface area contributed by atoms with Gasteiger partial charge in [0.25, 0.3) is 0 Å². The second kappa shape index (κ2) is 5.45. The van der Waals surface area contributed by atoms with Crippen molar-refractivity contribution in [1.82, 2.24) is 5.32 Å². The van der Waals surface area contributed by atoms with Gasteiger partial charge < -0.3 is 10.4 Å². The van der Waals surface area contributed by atoms with E-state index in [1.54, 1.807) is 6.08 Å². The van der Waals surface area contributed by atoms with Gasteiger partial charge in [0.15, 0.2) is 0 Å². The minimum Gasteiger partial charge on any atom is -0.387 e. The fraction of sp³-hybridized carbons (Fsp3) is 0.750. The Bertz CT molecular complexity index is 93.3. The summed E-state index contributed by atoms with van der Waals surface area (Å²) in [5.74, 6) is 0. The molecule has 60 valence electrons. The predicted molar refractivity (Wildman–Crippen MR) is 44.0 cm³/mol. The Kier molecular flexibility index (Phi) is 5.26. The average molecular weight is 143 g/mol. The van der Waals surface area contributed by atoms with E-state index in [2.05, 4.69) is 11.9 Å². The number of nitrogens with one attached hydrogen (secondary N) is 1. The van der Waals surface area contributed by atoms with E-state index in [0.717, 1.165) is 13.0 Å². The van der Waals surface area contributed by atoms with E-state index in [0.29, 0.717) is 0 Å². The number of hydrogen-bond acceptors (Lipinski definition) is 2. The molecule has 10 heavy (non-hydrogen) atoms. The molecular weight excluding hydrogens is 126 g/mol. The van der Waals surface area contributed by atoms with Gasteiger partial charge in [0, 0.05) is 6.04 Å². The Morgan fingerprint density at radius 2 is 2.20 bits per heavy atom. The van der Waals surface area contributed by atoms with E-state index in [1.807, 2.05) is 13.8 Å². The van der Waals surface area contributed by atoms with Gasteiger partial charge in [0.2, 0.25) is 0 Å². The minimum atomic E-state index is -0.412. The lowest BCUT2D eigenvalue weighted by Crippen LogP contribution is -2.37. The van der Waals surface area contributed by atoms with Crippen LogP contribution in [-0.4, -0.2) is 23.8 Å². The molecule has 0 spiro atoms. The van der Waals surface area contributed by atoms with Gasteiger partial charge in [-0.1, -0.05) is 19.9 Å². The van der Waals surface area contributed by atoms with Crippen LogP contribution >= 0.6 is 0 Å². The van der Waals surface area contributed by atoms with Crippen LogP contribution in [0.4, 0.5) is 0 Å². The molecule has 0 fully saturated rings. The van der Waals surface area contributed by atoms with Gasteiger partial charge in [-0.05, 0) is 13.0 Å². The zero-order valence-corrected chi connectivity index (χ0v) is 6.80. The average Bonchev–Trinajstić information content (AvgIpc) is 1.99. The van der Waals surface area contributed by atoms with E-state index >= 15 is 0 Å². The summed E-state index contributed by atoms with van der Waals surface area (Å²) in [6.45, 7) is 8.48. The molecule has 0 radical (unpaired) electrons. The Balaban J connectivity index is 3.67. The molecule has 2 heteroatoms. The van der Waals surface area contributed by atoms with Gasteiger partial charge in [-0.15, -0.1) is 6.58 Å². The molecule has 0 aromatic carbocycles. The smallest absolute Gasteiger partial charge is 0.0871 e. The fourth-order valence-corrected chi connectivity index (χ4v) is 0.933. The summed E-state index contributed by atoms with van der Waals surface area (Å²) in [4.78, 5) is 0. The van der Waals surface area contributed by atoms with Crippen LogP contribution in [0.15, 0.2) is 12.7 Å². The third-order valence-electron chi connectivity index (χ3n) is 1.56. The van der Waals surface area contributed by atoms with Crippen LogP contribution in [0.25, 0.3) is 0 Å². The Morgan fingerprint density at radius 3 is 2.50 bits per heavy atom. The number of hydrogen-bond donors (Lipinski definition) is 2. The Hall–Kier alpha value is -0.340. The Labute approximate surface area is 62.9 Å². The molecule has 0 aliphatic carbocycles. The SMILES string of the molecule is C=CC(O)C(CC)NCC. The van der Waals surface area contributed by atoms with Gasteiger partial charge >= 0.3 is 0 Å². The zero-order valence-electron chi connectivity index (χ0n) is 6.80. The second-order valence-electron chi connectivity index (χ2n) is 2.30. The summed E-state index contributed by atoms with van der Waals surface area (Å²) in [5.41, 5.74) is 0. The lowest BCUT2D eigenvalue weighted by atomic mass is 10.1. The van der Waals surface area contributed by atoms with Gasteiger partial charge in [-0.2, -0.15) is 0 Å². The molecule has 0 aliphatic rings. The molecule has 2 N–H and O–H groups in total. The van der Waals surface area contributed by atoms with Gasteiger partial charge in [0.1, 0.15) is 0 Å². The number of aliphatic hydroxyl groups excluding tert-OH is 1. The molecule has 0 aromatic rings. The maximum absolute atomic E-state index is 9.27. The summed E-state index contributed by atoms with van der Waals surface area (Å²) in [7, 11) is 0. The van der Waals surface area contributed by atoms with E-state index in [9.17, 15) is 5.11 Å². The maximum Gasteiger partial charge on any atom is 0.0871 e. The number of likely N-dealkylation sites (N-methyl/N-ethyl adjacent to an activating group) is 1. The first-order valence-corrected chi connectivity index (χ1v) is 3.80. The zero-order chi connectivity index (χ0) is 7.98. The van der Waals surface area contributed by atoms with Gasteiger partial charge in [-0.25, -0.2) is 0 Å². The number of rotatable bonds is 5. The van der Waals surface area contributed by atoms with Crippen LogP contribution in [0, 0.1) is 0 Å². The molecule has 0 aromatic heterocycles. The Morgan fingerprint density at radius 1 is 1.60 bits per heavy atom. The molecule has 0 amide bonds. The molecule has 2 atom stereocenters. The standard InChI is InChI=1S/C8H17NO/c1-4-7(9-6-3)8(10)5-2/h5,7-10H,2,4,6H2,1,3H3. The molecule has 2 nitrogen and oxygen atoms in total. The van der Waals surface area contributed by atoms with Crippen molar-refractivity contribution in [3.05, 3.63) is 12.7 Å². The van der Waals surface area contributed by atoms with Crippen molar-refractivity contribution in [3.8, 4) is 0 Å². The van der Waals surface area contributed by atoms with Crippen LogP contribution in [0.2, 0.25) is 0 Å². The first kappa shape index (κ1) is 9.66. The van der Waals surface area contributed by atoms with Crippen LogP contribution in [-0.2, 0) is 0 Å². The van der Waals surface area contributed by atoms with Crippen LogP contribution in [0.5, 0.6) is 0 Å². The van der Waals surface area contributed by atoms with Crippen molar-refractivity contribution in [2.75, 3.05) is 6.54 Å². The highest BCUT2D eigenvalue weighted by molar-refractivity contribution is 4.87. The molecule has 0 saturated carbocycles. The fourth-order valence-electron chi connectivity index (χ4n) is 0.933. The molecular formula is C8H17NO. The van der Waals surface area contributed by atoms with E-state index in [1.165, 1.54) is 0 Å². The molecule has 0 bridgehead atoms. The quantitative estimate of drug-likeness (QED) is 0.561. The lowest BCUT2D eigenvalue weighted by molar-refractivity contribution is 0.170. The first-order chi connectivity index (χ1) is 4.76. The van der Waals surface area contributed by atoms with Crippen LogP contribution in [0.1, 0.15) is 20.3 Å². The highest BCUT2D eigenvalue weighted by Crippen LogP contribution is 1.98. The molecule has 0 heterocycles. The van der Waals surface area contributed by atoms with Crippen molar-refractivity contribution in [2.24, 2.45) is 0 Å². The van der Waals surface area contributed by atoms with Crippen molar-refractivity contribution in [3.63, 3.8) is 0 Å². The van der Waals surface area contributed by atoms with E-state index < -0.39 is 6.10 Å². The molecule has 0 rings (SSSR count). The first-order valence-electron chi connectivity index (χ1n) is 3.80. The third kappa shape index (κ3) is 2.99. The summed E-state index contributed by atoms with van der Waals surface area (Å²) in [5, 5.41) is 12.4. The van der Waals surface area contributed by atoms with Crippen molar-refractivity contribution in [1.29, 1.82) is 0 Å². The summed E-state index contributed by atoms with van der Waals surface area (Å²) >= 11 is 0. The molecule has 0 saturated heterocycles. The number of aliphatic hydroxyl groups is 1. The van der Waals surface area contributed by atoms with Gasteiger partial charge in [0.05, 0.1) is 6.10 Å². The van der Waals surface area contributed by atoms with Gasteiger partial charge in [-0.3, -0.25) is 0 Å². The molecule has 2 unspecified atom stereocenters. The van der Waals surface area contributed by atoms with E-state index in [-0.39, 0.29) is 6.04 Å². The predicted octanol–water partition coefficient (Wildman–Crippen LogP) is 0.921.